The van der Waals surface area contributed by atoms with E-state index in [2.05, 4.69) is 18.7 Å². The first-order chi connectivity index (χ1) is 15.5. The molecule has 3 aromatic rings. The Kier molecular flexibility index (Phi) is 6.54. The summed E-state index contributed by atoms with van der Waals surface area (Å²) >= 11 is 0. The standard InChI is InChI=1S/C27H25F3O2/c1-3-5-6-17-7-9-18(10-8-17)11-12-19-15-21-16-20-13-14-22(31-4-2)24(29)26(20)32-27(21)25(30)23(19)28/h3,7-10,13-15H,1,4-6,11-12,16H2,2H3. The molecule has 1 aliphatic rings. The maximum Gasteiger partial charge on any atom is 0.207 e. The fraction of sp³-hybridized carbons (Fsp3) is 0.259. The minimum atomic E-state index is -1.08. The van der Waals surface area contributed by atoms with E-state index in [1.54, 1.807) is 19.1 Å². The van der Waals surface area contributed by atoms with Crippen LogP contribution in [0.2, 0.25) is 0 Å². The number of halogens is 3. The molecule has 0 radical (unpaired) electrons. The highest BCUT2D eigenvalue weighted by molar-refractivity contribution is 5.54. The molecule has 5 heteroatoms. The van der Waals surface area contributed by atoms with Crippen LogP contribution in [0.4, 0.5) is 13.2 Å². The first-order valence-corrected chi connectivity index (χ1v) is 10.8. The number of benzene rings is 3. The third-order valence-corrected chi connectivity index (χ3v) is 5.69. The van der Waals surface area contributed by atoms with Gasteiger partial charge in [0.1, 0.15) is 0 Å². The van der Waals surface area contributed by atoms with Gasteiger partial charge in [-0.05, 0) is 61.4 Å². The lowest BCUT2D eigenvalue weighted by atomic mass is 9.95. The van der Waals surface area contributed by atoms with Crippen LogP contribution in [0.5, 0.6) is 17.2 Å². The number of hydrogen-bond acceptors (Lipinski definition) is 2. The van der Waals surface area contributed by atoms with Crippen LogP contribution in [0, 0.1) is 17.5 Å². The lowest BCUT2D eigenvalue weighted by Gasteiger charge is -2.23. The molecule has 0 fully saturated rings. The number of rotatable bonds is 8. The molecule has 3 aromatic carbocycles. The molecule has 0 saturated heterocycles. The third-order valence-electron chi connectivity index (χ3n) is 5.69. The molecule has 0 amide bonds. The van der Waals surface area contributed by atoms with Gasteiger partial charge in [0.2, 0.25) is 11.6 Å². The van der Waals surface area contributed by atoms with Gasteiger partial charge in [-0.3, -0.25) is 0 Å². The number of fused-ring (bicyclic) bond motifs is 2. The van der Waals surface area contributed by atoms with Crippen LogP contribution in [0.15, 0.2) is 55.1 Å². The average molecular weight is 438 g/mol. The van der Waals surface area contributed by atoms with E-state index in [-0.39, 0.29) is 35.8 Å². The van der Waals surface area contributed by atoms with Crippen LogP contribution in [-0.2, 0) is 25.7 Å². The van der Waals surface area contributed by atoms with Crippen LogP contribution in [0.25, 0.3) is 0 Å². The van der Waals surface area contributed by atoms with Gasteiger partial charge in [0.15, 0.2) is 23.1 Å². The highest BCUT2D eigenvalue weighted by atomic mass is 19.2. The summed E-state index contributed by atoms with van der Waals surface area (Å²) < 4.78 is 55.1. The van der Waals surface area contributed by atoms with Crippen molar-refractivity contribution < 1.29 is 22.6 Å². The van der Waals surface area contributed by atoms with E-state index < -0.39 is 17.5 Å². The van der Waals surface area contributed by atoms with Crippen LogP contribution >= 0.6 is 0 Å². The normalized spacial score (nSPS) is 12.0. The number of aryl methyl sites for hydroxylation is 3. The maximum absolute atomic E-state index is 14.9. The molecule has 0 unspecified atom stereocenters. The fourth-order valence-electron chi connectivity index (χ4n) is 3.97. The highest BCUT2D eigenvalue weighted by Gasteiger charge is 2.28. The molecule has 0 spiro atoms. The summed E-state index contributed by atoms with van der Waals surface area (Å²) in [5.74, 6) is -3.05. The largest absolute Gasteiger partial charge is 0.491 e. The Bertz CT molecular complexity index is 1140. The fourth-order valence-corrected chi connectivity index (χ4v) is 3.97. The van der Waals surface area contributed by atoms with Crippen molar-refractivity contribution >= 4 is 0 Å². The van der Waals surface area contributed by atoms with Gasteiger partial charge in [0.05, 0.1) is 6.61 Å². The van der Waals surface area contributed by atoms with Gasteiger partial charge >= 0.3 is 0 Å². The predicted molar refractivity (Wildman–Crippen MR) is 119 cm³/mol. The quantitative estimate of drug-likeness (QED) is 0.273. The van der Waals surface area contributed by atoms with Crippen molar-refractivity contribution in [2.24, 2.45) is 0 Å². The highest BCUT2D eigenvalue weighted by Crippen LogP contribution is 2.43. The molecular formula is C27H25F3O2. The Morgan fingerprint density at radius 3 is 2.25 bits per heavy atom. The van der Waals surface area contributed by atoms with Crippen molar-refractivity contribution in [2.75, 3.05) is 6.61 Å². The summed E-state index contributed by atoms with van der Waals surface area (Å²) in [4.78, 5) is 0. The van der Waals surface area contributed by atoms with E-state index in [1.807, 2.05) is 18.2 Å². The molecule has 0 N–H and O–H groups in total. The van der Waals surface area contributed by atoms with Gasteiger partial charge in [0.25, 0.3) is 0 Å². The Morgan fingerprint density at radius 2 is 1.56 bits per heavy atom. The minimum Gasteiger partial charge on any atom is -0.491 e. The molecule has 0 saturated carbocycles. The Hall–Kier alpha value is -3.21. The van der Waals surface area contributed by atoms with Gasteiger partial charge in [-0.15, -0.1) is 6.58 Å². The number of allylic oxidation sites excluding steroid dienone is 1. The van der Waals surface area contributed by atoms with Crippen LogP contribution in [0.3, 0.4) is 0 Å². The maximum atomic E-state index is 14.9. The van der Waals surface area contributed by atoms with Gasteiger partial charge in [0, 0.05) is 17.5 Å². The summed E-state index contributed by atoms with van der Waals surface area (Å²) in [6.45, 7) is 5.76. The SMILES string of the molecule is C=CCCc1ccc(CCc2cc3c(c(F)c2F)Oc2c(ccc(OCC)c2F)C3)cc1. The molecular weight excluding hydrogens is 413 g/mol. The summed E-state index contributed by atoms with van der Waals surface area (Å²) in [5, 5.41) is 0. The molecule has 1 heterocycles. The monoisotopic (exact) mass is 438 g/mol. The zero-order valence-corrected chi connectivity index (χ0v) is 18.0. The zero-order chi connectivity index (χ0) is 22.7. The van der Waals surface area contributed by atoms with Crippen molar-refractivity contribution in [3.05, 3.63) is 100 Å². The molecule has 166 valence electrons. The van der Waals surface area contributed by atoms with Crippen molar-refractivity contribution in [1.29, 1.82) is 0 Å². The molecule has 4 rings (SSSR count). The predicted octanol–water partition coefficient (Wildman–Crippen LogP) is 7.10. The van der Waals surface area contributed by atoms with Gasteiger partial charge < -0.3 is 9.47 Å². The summed E-state index contributed by atoms with van der Waals surface area (Å²) in [6, 6.07) is 13.0. The molecule has 0 atom stereocenters. The molecule has 0 aliphatic carbocycles. The van der Waals surface area contributed by atoms with Crippen LogP contribution in [-0.4, -0.2) is 6.61 Å². The summed E-state index contributed by atoms with van der Waals surface area (Å²) in [7, 11) is 0. The Balaban J connectivity index is 1.54. The number of hydrogen-bond donors (Lipinski definition) is 0. The molecule has 32 heavy (non-hydrogen) atoms. The van der Waals surface area contributed by atoms with Crippen molar-refractivity contribution in [3.63, 3.8) is 0 Å². The number of ether oxygens (including phenoxy) is 2. The van der Waals surface area contributed by atoms with E-state index >= 15 is 0 Å². The van der Waals surface area contributed by atoms with Crippen LogP contribution in [0.1, 0.15) is 41.2 Å². The topological polar surface area (TPSA) is 18.5 Å². The molecule has 1 aliphatic heterocycles. The first kappa shape index (κ1) is 22.0. The zero-order valence-electron chi connectivity index (χ0n) is 18.0. The lowest BCUT2D eigenvalue weighted by Crippen LogP contribution is -2.11. The first-order valence-electron chi connectivity index (χ1n) is 10.8. The van der Waals surface area contributed by atoms with Gasteiger partial charge in [-0.25, -0.2) is 4.39 Å². The Morgan fingerprint density at radius 1 is 0.875 bits per heavy atom. The summed E-state index contributed by atoms with van der Waals surface area (Å²) in [5.41, 5.74) is 3.64. The van der Waals surface area contributed by atoms with E-state index in [9.17, 15) is 13.2 Å². The smallest absolute Gasteiger partial charge is 0.207 e. The minimum absolute atomic E-state index is 0.0303. The van der Waals surface area contributed by atoms with Crippen LogP contribution < -0.4 is 9.47 Å². The van der Waals surface area contributed by atoms with E-state index in [0.717, 1.165) is 18.4 Å². The van der Waals surface area contributed by atoms with Crippen molar-refractivity contribution in [1.82, 2.24) is 0 Å². The van der Waals surface area contributed by atoms with E-state index in [0.29, 0.717) is 24.0 Å². The van der Waals surface area contributed by atoms with Crippen molar-refractivity contribution in [2.45, 2.75) is 39.0 Å². The van der Waals surface area contributed by atoms with E-state index in [1.165, 1.54) is 11.6 Å². The second-order valence-electron chi connectivity index (χ2n) is 7.87. The molecule has 2 nitrogen and oxygen atoms in total. The molecule has 0 aromatic heterocycles. The van der Waals surface area contributed by atoms with Crippen molar-refractivity contribution in [3.8, 4) is 17.2 Å². The average Bonchev–Trinajstić information content (AvgIpc) is 2.81. The lowest BCUT2D eigenvalue weighted by molar-refractivity contribution is 0.309. The second kappa shape index (κ2) is 9.51. The summed E-state index contributed by atoms with van der Waals surface area (Å²) in [6.07, 6.45) is 4.93. The molecule has 0 bridgehead atoms. The van der Waals surface area contributed by atoms with Gasteiger partial charge in [-0.1, -0.05) is 36.4 Å². The van der Waals surface area contributed by atoms with E-state index in [4.69, 9.17) is 9.47 Å². The second-order valence-corrected chi connectivity index (χ2v) is 7.87. The Labute approximate surface area is 186 Å². The van der Waals surface area contributed by atoms with Gasteiger partial charge in [-0.2, -0.15) is 8.78 Å². The third kappa shape index (κ3) is 4.38.